The number of nitriles is 1. The molecule has 0 saturated carbocycles. The molecule has 0 aliphatic rings. The standard InChI is InChI=1S/C24H17Cl2IN2O5S/c1-2-33-22-12-15(10-16(14-28)24(30)29-21-13-17(25)8-9-19(21)26)11-20(27)23(22)34-35(31,32)18-6-4-3-5-7-18/h3-13H,2H2,1H3,(H,29,30)/b16-10+. The van der Waals surface area contributed by atoms with Crippen LogP contribution in [0.15, 0.2) is 71.1 Å². The SMILES string of the molecule is CCOc1cc(/C=C(\C#N)C(=O)Nc2cc(Cl)ccc2Cl)cc(I)c1OS(=O)(=O)c1ccccc1. The van der Waals surface area contributed by atoms with E-state index in [1.807, 2.05) is 28.7 Å². The van der Waals surface area contributed by atoms with Gasteiger partial charge in [-0.3, -0.25) is 4.79 Å². The highest BCUT2D eigenvalue weighted by Gasteiger charge is 2.22. The number of halogens is 3. The number of hydrogen-bond acceptors (Lipinski definition) is 6. The third-order valence-electron chi connectivity index (χ3n) is 4.41. The maximum absolute atomic E-state index is 12.7. The summed E-state index contributed by atoms with van der Waals surface area (Å²) in [6.45, 7) is 1.96. The van der Waals surface area contributed by atoms with Crippen molar-refractivity contribution < 1.29 is 22.1 Å². The van der Waals surface area contributed by atoms with Gasteiger partial charge in [-0.05, 0) is 83.6 Å². The molecule has 1 amide bonds. The first kappa shape index (κ1) is 26.8. The first-order valence-corrected chi connectivity index (χ1v) is 13.2. The minimum Gasteiger partial charge on any atom is -0.490 e. The molecule has 0 bridgehead atoms. The number of benzene rings is 3. The first-order valence-electron chi connectivity index (χ1n) is 9.98. The van der Waals surface area contributed by atoms with Crippen molar-refractivity contribution in [3.63, 3.8) is 0 Å². The first-order chi connectivity index (χ1) is 16.6. The van der Waals surface area contributed by atoms with Crippen LogP contribution in [-0.4, -0.2) is 20.9 Å². The quantitative estimate of drug-likeness (QED) is 0.134. The highest BCUT2D eigenvalue weighted by Crippen LogP contribution is 2.37. The van der Waals surface area contributed by atoms with Gasteiger partial charge in [0.15, 0.2) is 11.5 Å². The summed E-state index contributed by atoms with van der Waals surface area (Å²) in [5.74, 6) is -0.556. The van der Waals surface area contributed by atoms with Crippen molar-refractivity contribution in [2.75, 3.05) is 11.9 Å². The Bertz CT molecular complexity index is 1440. The van der Waals surface area contributed by atoms with Crippen LogP contribution in [-0.2, 0) is 14.9 Å². The summed E-state index contributed by atoms with van der Waals surface area (Å²) in [6.07, 6.45) is 1.34. The zero-order valence-corrected chi connectivity index (χ0v) is 22.6. The molecule has 11 heteroatoms. The average molecular weight is 643 g/mol. The van der Waals surface area contributed by atoms with Crippen LogP contribution in [0.3, 0.4) is 0 Å². The van der Waals surface area contributed by atoms with E-state index in [0.29, 0.717) is 14.2 Å². The molecule has 180 valence electrons. The summed E-state index contributed by atoms with van der Waals surface area (Å²) in [5, 5.41) is 12.7. The Hall–Kier alpha value is -2.78. The number of ether oxygens (including phenoxy) is 1. The van der Waals surface area contributed by atoms with Crippen molar-refractivity contribution in [1.29, 1.82) is 5.26 Å². The zero-order chi connectivity index (χ0) is 25.6. The molecule has 1 N–H and O–H groups in total. The van der Waals surface area contributed by atoms with Gasteiger partial charge in [0.2, 0.25) is 0 Å². The van der Waals surface area contributed by atoms with Crippen LogP contribution in [0.5, 0.6) is 11.5 Å². The summed E-state index contributed by atoms with van der Waals surface area (Å²) in [4.78, 5) is 12.7. The monoisotopic (exact) mass is 642 g/mol. The Morgan fingerprint density at radius 3 is 2.51 bits per heavy atom. The Labute approximate surface area is 226 Å². The number of rotatable bonds is 8. The fourth-order valence-corrected chi connectivity index (χ4v) is 5.06. The molecule has 0 atom stereocenters. The second-order valence-corrected chi connectivity index (χ2v) is 10.4. The van der Waals surface area contributed by atoms with Crippen molar-refractivity contribution in [3.8, 4) is 17.6 Å². The maximum atomic E-state index is 12.7. The Kier molecular flexibility index (Phi) is 9.02. The van der Waals surface area contributed by atoms with E-state index >= 15 is 0 Å². The summed E-state index contributed by atoms with van der Waals surface area (Å²) in [6, 6.07) is 17.2. The fraction of sp³-hybridized carbons (Fsp3) is 0.0833. The van der Waals surface area contributed by atoms with Gasteiger partial charge >= 0.3 is 10.1 Å². The van der Waals surface area contributed by atoms with Crippen LogP contribution in [0, 0.1) is 14.9 Å². The van der Waals surface area contributed by atoms with Crippen molar-refractivity contribution in [1.82, 2.24) is 0 Å². The number of carbonyl (C=O) groups is 1. The topological polar surface area (TPSA) is 105 Å². The molecule has 35 heavy (non-hydrogen) atoms. The van der Waals surface area contributed by atoms with Crippen molar-refractivity contribution >= 4 is 73.6 Å². The second kappa shape index (κ2) is 11.8. The molecule has 0 aliphatic carbocycles. The third kappa shape index (κ3) is 6.89. The van der Waals surface area contributed by atoms with Gasteiger partial charge in [0, 0.05) is 5.02 Å². The molecular weight excluding hydrogens is 626 g/mol. The summed E-state index contributed by atoms with van der Waals surface area (Å²) >= 11 is 13.9. The predicted molar refractivity (Wildman–Crippen MR) is 143 cm³/mol. The molecule has 0 heterocycles. The highest BCUT2D eigenvalue weighted by molar-refractivity contribution is 14.1. The Morgan fingerprint density at radius 2 is 1.86 bits per heavy atom. The van der Waals surface area contributed by atoms with Crippen molar-refractivity contribution in [2.45, 2.75) is 11.8 Å². The van der Waals surface area contributed by atoms with Crippen LogP contribution in [0.4, 0.5) is 5.69 Å². The molecule has 0 aromatic heterocycles. The summed E-state index contributed by atoms with van der Waals surface area (Å²) in [5.41, 5.74) is 0.459. The van der Waals surface area contributed by atoms with Crippen LogP contribution in [0.1, 0.15) is 12.5 Å². The van der Waals surface area contributed by atoms with Crippen molar-refractivity contribution in [3.05, 3.63) is 85.4 Å². The second-order valence-electron chi connectivity index (χ2n) is 6.86. The lowest BCUT2D eigenvalue weighted by molar-refractivity contribution is -0.112. The minimum absolute atomic E-state index is 0.00196. The average Bonchev–Trinajstić information content (AvgIpc) is 2.82. The third-order valence-corrected chi connectivity index (χ3v) is 7.01. The molecule has 3 aromatic rings. The van der Waals surface area contributed by atoms with E-state index in [0.717, 1.165) is 0 Å². The van der Waals surface area contributed by atoms with Gasteiger partial charge < -0.3 is 14.2 Å². The van der Waals surface area contributed by atoms with Crippen LogP contribution in [0.25, 0.3) is 6.08 Å². The molecule has 0 aliphatic heterocycles. The van der Waals surface area contributed by atoms with E-state index in [4.69, 9.17) is 32.1 Å². The van der Waals surface area contributed by atoms with Crippen molar-refractivity contribution in [2.24, 2.45) is 0 Å². The zero-order valence-electron chi connectivity index (χ0n) is 18.1. The lowest BCUT2D eigenvalue weighted by Gasteiger charge is -2.14. The van der Waals surface area contributed by atoms with Gasteiger partial charge in [0.05, 0.1) is 20.9 Å². The van der Waals surface area contributed by atoms with E-state index < -0.39 is 16.0 Å². The smallest absolute Gasteiger partial charge is 0.339 e. The van der Waals surface area contributed by atoms with Crippen LogP contribution in [0.2, 0.25) is 10.0 Å². The van der Waals surface area contributed by atoms with Crippen LogP contribution >= 0.6 is 45.8 Å². The van der Waals surface area contributed by atoms with E-state index in [-0.39, 0.29) is 39.3 Å². The number of carbonyl (C=O) groups excluding carboxylic acids is 1. The number of amides is 1. The van der Waals surface area contributed by atoms with Gasteiger partial charge in [-0.2, -0.15) is 13.7 Å². The van der Waals surface area contributed by atoms with Crippen LogP contribution < -0.4 is 14.2 Å². The lowest BCUT2D eigenvalue weighted by atomic mass is 10.1. The Balaban J connectivity index is 1.95. The van der Waals surface area contributed by atoms with E-state index in [1.54, 1.807) is 37.3 Å². The number of nitrogens with zero attached hydrogens (tertiary/aromatic N) is 1. The lowest BCUT2D eigenvalue weighted by Crippen LogP contribution is -2.14. The predicted octanol–water partition coefficient (Wildman–Crippen LogP) is 6.31. The van der Waals surface area contributed by atoms with Gasteiger partial charge in [0.25, 0.3) is 5.91 Å². The molecular formula is C24H17Cl2IN2O5S. The fourth-order valence-electron chi connectivity index (χ4n) is 2.86. The molecule has 3 rings (SSSR count). The molecule has 0 unspecified atom stereocenters. The maximum Gasteiger partial charge on any atom is 0.339 e. The van der Waals surface area contributed by atoms with E-state index in [2.05, 4.69) is 5.32 Å². The number of hydrogen-bond donors (Lipinski definition) is 1. The minimum atomic E-state index is -4.11. The largest absolute Gasteiger partial charge is 0.490 e. The molecule has 0 fully saturated rings. The molecule has 3 aromatic carbocycles. The Morgan fingerprint density at radius 1 is 1.14 bits per heavy atom. The normalized spacial score (nSPS) is 11.5. The van der Waals surface area contributed by atoms with Gasteiger partial charge in [-0.1, -0.05) is 41.4 Å². The summed E-state index contributed by atoms with van der Waals surface area (Å²) < 4.78 is 36.8. The number of anilines is 1. The molecule has 0 radical (unpaired) electrons. The highest BCUT2D eigenvalue weighted by atomic mass is 127. The van der Waals surface area contributed by atoms with Gasteiger partial charge in [-0.15, -0.1) is 0 Å². The van der Waals surface area contributed by atoms with Gasteiger partial charge in [0.1, 0.15) is 16.5 Å². The molecule has 0 spiro atoms. The number of nitrogens with one attached hydrogen (secondary N) is 1. The molecule has 0 saturated heterocycles. The van der Waals surface area contributed by atoms with Gasteiger partial charge in [-0.25, -0.2) is 0 Å². The molecule has 7 nitrogen and oxygen atoms in total. The van der Waals surface area contributed by atoms with E-state index in [1.165, 1.54) is 36.4 Å². The van der Waals surface area contributed by atoms with E-state index in [9.17, 15) is 18.5 Å². The summed E-state index contributed by atoms with van der Waals surface area (Å²) in [7, 11) is -4.11.